The molecule has 1 saturated carbocycles. The van der Waals surface area contributed by atoms with Gasteiger partial charge in [-0.15, -0.1) is 0 Å². The van der Waals surface area contributed by atoms with Crippen molar-refractivity contribution >= 4 is 5.82 Å². The summed E-state index contributed by atoms with van der Waals surface area (Å²) in [6, 6.07) is 2.84. The molecule has 98 valence electrons. The monoisotopic (exact) mass is 246 g/mol. The van der Waals surface area contributed by atoms with E-state index in [-0.39, 0.29) is 0 Å². The van der Waals surface area contributed by atoms with Crippen molar-refractivity contribution in [3.8, 4) is 0 Å². The number of hydrogen-bond donors (Lipinski definition) is 1. The molecule has 1 aromatic heterocycles. The predicted octanol–water partition coefficient (Wildman–Crippen LogP) is 1.75. The Hall–Kier alpha value is -1.16. The Kier molecular flexibility index (Phi) is 3.46. The lowest BCUT2D eigenvalue weighted by Gasteiger charge is -2.31. The van der Waals surface area contributed by atoms with E-state index in [4.69, 9.17) is 0 Å². The van der Waals surface area contributed by atoms with Gasteiger partial charge in [0.2, 0.25) is 0 Å². The normalized spacial score (nSPS) is 23.9. The first kappa shape index (κ1) is 11.9. The Morgan fingerprint density at radius 3 is 2.89 bits per heavy atom. The minimum atomic E-state index is 0.723. The molecule has 0 aromatic carbocycles. The van der Waals surface area contributed by atoms with Gasteiger partial charge in [0.25, 0.3) is 0 Å². The second kappa shape index (κ2) is 5.22. The summed E-state index contributed by atoms with van der Waals surface area (Å²) in [4.78, 5) is 11.2. The van der Waals surface area contributed by atoms with Crippen LogP contribution >= 0.6 is 0 Å². The van der Waals surface area contributed by atoms with Crippen molar-refractivity contribution in [2.75, 3.05) is 24.5 Å². The molecule has 0 radical (unpaired) electrons. The lowest BCUT2D eigenvalue weighted by Crippen LogP contribution is -2.39. The van der Waals surface area contributed by atoms with Crippen molar-refractivity contribution in [1.29, 1.82) is 0 Å². The number of piperidine rings is 1. The summed E-state index contributed by atoms with van der Waals surface area (Å²) in [5.41, 5.74) is 1.06. The highest BCUT2D eigenvalue weighted by atomic mass is 15.2. The molecule has 0 amide bonds. The molecule has 3 rings (SSSR count). The van der Waals surface area contributed by atoms with E-state index in [2.05, 4.69) is 26.3 Å². The van der Waals surface area contributed by atoms with E-state index >= 15 is 0 Å². The molecule has 4 nitrogen and oxygen atoms in total. The van der Waals surface area contributed by atoms with E-state index in [9.17, 15) is 0 Å². The standard InChI is InChI=1S/C14H22N4/c1-11-7-14(17-10-16-11)18(13-4-5-13)9-12-3-2-6-15-8-12/h7,10,12-13,15H,2-6,8-9H2,1H3. The van der Waals surface area contributed by atoms with Crippen LogP contribution in [0.5, 0.6) is 0 Å². The van der Waals surface area contributed by atoms with Crippen LogP contribution in [0.15, 0.2) is 12.4 Å². The van der Waals surface area contributed by atoms with E-state index in [1.807, 2.05) is 6.92 Å². The van der Waals surface area contributed by atoms with Gasteiger partial charge in [-0.05, 0) is 51.6 Å². The fraction of sp³-hybridized carbons (Fsp3) is 0.714. The SMILES string of the molecule is Cc1cc(N(CC2CCCNC2)C2CC2)ncn1. The van der Waals surface area contributed by atoms with Crippen LogP contribution < -0.4 is 10.2 Å². The maximum absolute atomic E-state index is 4.46. The van der Waals surface area contributed by atoms with Crippen LogP contribution in [-0.4, -0.2) is 35.6 Å². The molecule has 0 spiro atoms. The van der Waals surface area contributed by atoms with Gasteiger partial charge in [0.1, 0.15) is 12.1 Å². The highest BCUT2D eigenvalue weighted by molar-refractivity contribution is 5.41. The van der Waals surface area contributed by atoms with Crippen molar-refractivity contribution in [3.05, 3.63) is 18.1 Å². The van der Waals surface area contributed by atoms with E-state index in [0.717, 1.165) is 36.6 Å². The second-order valence-electron chi connectivity index (χ2n) is 5.61. The van der Waals surface area contributed by atoms with Gasteiger partial charge < -0.3 is 10.2 Å². The van der Waals surface area contributed by atoms with Crippen molar-refractivity contribution in [3.63, 3.8) is 0 Å². The Balaban J connectivity index is 1.71. The predicted molar refractivity (Wildman–Crippen MR) is 72.7 cm³/mol. The zero-order valence-electron chi connectivity index (χ0n) is 11.1. The third kappa shape index (κ3) is 2.80. The van der Waals surface area contributed by atoms with Crippen molar-refractivity contribution in [2.24, 2.45) is 5.92 Å². The fourth-order valence-electron chi connectivity index (χ4n) is 2.77. The third-order valence-corrected chi connectivity index (χ3v) is 3.93. The molecular weight excluding hydrogens is 224 g/mol. The van der Waals surface area contributed by atoms with Gasteiger partial charge in [-0.1, -0.05) is 0 Å². The molecule has 1 saturated heterocycles. The Bertz CT molecular complexity index is 397. The molecular formula is C14H22N4. The molecule has 1 aliphatic carbocycles. The van der Waals surface area contributed by atoms with E-state index in [1.54, 1.807) is 6.33 Å². The molecule has 1 aromatic rings. The summed E-state index contributed by atoms with van der Waals surface area (Å²) in [6.45, 7) is 5.53. The molecule has 2 heterocycles. The lowest BCUT2D eigenvalue weighted by atomic mass is 9.99. The quantitative estimate of drug-likeness (QED) is 0.879. The van der Waals surface area contributed by atoms with E-state index < -0.39 is 0 Å². The number of hydrogen-bond acceptors (Lipinski definition) is 4. The Morgan fingerprint density at radius 1 is 1.33 bits per heavy atom. The first-order valence-electron chi connectivity index (χ1n) is 7.09. The first-order chi connectivity index (χ1) is 8.83. The van der Waals surface area contributed by atoms with E-state index in [1.165, 1.54) is 32.2 Å². The highest BCUT2D eigenvalue weighted by Gasteiger charge is 2.31. The van der Waals surface area contributed by atoms with Crippen molar-refractivity contribution < 1.29 is 0 Å². The van der Waals surface area contributed by atoms with Crippen LogP contribution in [0.25, 0.3) is 0 Å². The number of rotatable bonds is 4. The summed E-state index contributed by atoms with van der Waals surface area (Å²) in [5, 5.41) is 3.50. The summed E-state index contributed by atoms with van der Waals surface area (Å²) in [7, 11) is 0. The summed E-state index contributed by atoms with van der Waals surface area (Å²) in [5.74, 6) is 1.89. The van der Waals surface area contributed by atoms with Gasteiger partial charge >= 0.3 is 0 Å². The van der Waals surface area contributed by atoms with Crippen LogP contribution in [0.1, 0.15) is 31.4 Å². The Labute approximate surface area is 109 Å². The molecule has 1 aliphatic heterocycles. The molecule has 4 heteroatoms. The van der Waals surface area contributed by atoms with Crippen LogP contribution in [0.4, 0.5) is 5.82 Å². The molecule has 18 heavy (non-hydrogen) atoms. The van der Waals surface area contributed by atoms with Gasteiger partial charge in [-0.3, -0.25) is 0 Å². The maximum Gasteiger partial charge on any atom is 0.132 e. The third-order valence-electron chi connectivity index (χ3n) is 3.93. The zero-order valence-corrected chi connectivity index (χ0v) is 11.1. The number of nitrogens with zero attached hydrogens (tertiary/aromatic N) is 3. The van der Waals surface area contributed by atoms with Gasteiger partial charge in [0.15, 0.2) is 0 Å². The van der Waals surface area contributed by atoms with Crippen LogP contribution in [0, 0.1) is 12.8 Å². The topological polar surface area (TPSA) is 41.0 Å². The summed E-state index contributed by atoms with van der Waals surface area (Å²) in [6.07, 6.45) is 7.00. The summed E-state index contributed by atoms with van der Waals surface area (Å²) >= 11 is 0. The van der Waals surface area contributed by atoms with Crippen LogP contribution in [0.3, 0.4) is 0 Å². The van der Waals surface area contributed by atoms with Crippen LogP contribution in [-0.2, 0) is 0 Å². The maximum atomic E-state index is 4.46. The van der Waals surface area contributed by atoms with Gasteiger partial charge in [0.05, 0.1) is 0 Å². The number of aromatic nitrogens is 2. The number of anilines is 1. The fourth-order valence-corrected chi connectivity index (χ4v) is 2.77. The Morgan fingerprint density at radius 2 is 2.22 bits per heavy atom. The average Bonchev–Trinajstić information content (AvgIpc) is 3.21. The number of aryl methyl sites for hydroxylation is 1. The largest absolute Gasteiger partial charge is 0.353 e. The zero-order chi connectivity index (χ0) is 12.4. The first-order valence-corrected chi connectivity index (χ1v) is 7.09. The minimum absolute atomic E-state index is 0.723. The lowest BCUT2D eigenvalue weighted by molar-refractivity contribution is 0.375. The van der Waals surface area contributed by atoms with Gasteiger partial charge in [-0.25, -0.2) is 9.97 Å². The minimum Gasteiger partial charge on any atom is -0.353 e. The van der Waals surface area contributed by atoms with Crippen molar-refractivity contribution in [2.45, 2.75) is 38.6 Å². The molecule has 2 aliphatic rings. The molecule has 1 atom stereocenters. The number of nitrogens with one attached hydrogen (secondary N) is 1. The van der Waals surface area contributed by atoms with E-state index in [0.29, 0.717) is 0 Å². The summed E-state index contributed by atoms with van der Waals surface area (Å²) < 4.78 is 0. The average molecular weight is 246 g/mol. The van der Waals surface area contributed by atoms with Gasteiger partial charge in [0, 0.05) is 24.3 Å². The molecule has 2 fully saturated rings. The highest BCUT2D eigenvalue weighted by Crippen LogP contribution is 2.32. The smallest absolute Gasteiger partial charge is 0.132 e. The second-order valence-corrected chi connectivity index (χ2v) is 5.61. The molecule has 1 N–H and O–H groups in total. The van der Waals surface area contributed by atoms with Gasteiger partial charge in [-0.2, -0.15) is 0 Å². The molecule has 1 unspecified atom stereocenters. The molecule has 0 bridgehead atoms. The van der Waals surface area contributed by atoms with Crippen molar-refractivity contribution in [1.82, 2.24) is 15.3 Å². The van der Waals surface area contributed by atoms with Crippen LogP contribution in [0.2, 0.25) is 0 Å².